The van der Waals surface area contributed by atoms with Crippen LogP contribution in [-0.2, 0) is 6.54 Å². The second kappa shape index (κ2) is 6.84. The fraction of sp³-hybridized carbons (Fsp3) is 0.0909. The van der Waals surface area contributed by atoms with Crippen molar-refractivity contribution in [2.45, 2.75) is 13.5 Å². The van der Waals surface area contributed by atoms with E-state index in [0.29, 0.717) is 17.9 Å². The van der Waals surface area contributed by atoms with Crippen molar-refractivity contribution >= 4 is 16.7 Å². The molecule has 128 valence electrons. The summed E-state index contributed by atoms with van der Waals surface area (Å²) in [5.74, 6) is 1.44. The summed E-state index contributed by atoms with van der Waals surface area (Å²) in [6.45, 7) is 2.75. The molecule has 0 aliphatic heterocycles. The van der Waals surface area contributed by atoms with Crippen LogP contribution in [0.15, 0.2) is 72.8 Å². The Bertz CT molecular complexity index is 1060. The molecule has 1 heterocycles. The number of phenols is 1. The second-order valence-electron chi connectivity index (χ2n) is 6.27. The average molecular weight is 341 g/mol. The predicted molar refractivity (Wildman–Crippen MR) is 105 cm³/mol. The number of aryl methyl sites for hydroxylation is 1. The molecule has 3 aromatic carbocycles. The molecular weight excluding hydrogens is 322 g/mol. The zero-order valence-corrected chi connectivity index (χ0v) is 14.5. The summed E-state index contributed by atoms with van der Waals surface area (Å²) >= 11 is 0. The molecule has 4 aromatic rings. The Labute approximate surface area is 152 Å². The maximum absolute atomic E-state index is 10.2. The van der Waals surface area contributed by atoms with Crippen LogP contribution in [-0.4, -0.2) is 15.1 Å². The summed E-state index contributed by atoms with van der Waals surface area (Å²) in [4.78, 5) is 9.30. The topological polar surface area (TPSA) is 58.0 Å². The van der Waals surface area contributed by atoms with Gasteiger partial charge in [-0.25, -0.2) is 9.97 Å². The second-order valence-corrected chi connectivity index (χ2v) is 6.27. The van der Waals surface area contributed by atoms with E-state index in [1.54, 1.807) is 12.1 Å². The molecule has 0 bridgehead atoms. The smallest absolute Gasteiger partial charge is 0.165 e. The maximum atomic E-state index is 10.2. The molecule has 4 rings (SSSR count). The number of hydrogen-bond donors (Lipinski definition) is 2. The minimum atomic E-state index is 0.173. The van der Waals surface area contributed by atoms with E-state index in [-0.39, 0.29) is 5.75 Å². The Balaban J connectivity index is 1.75. The first-order valence-corrected chi connectivity index (χ1v) is 8.55. The van der Waals surface area contributed by atoms with Crippen LogP contribution in [0.1, 0.15) is 11.1 Å². The zero-order chi connectivity index (χ0) is 17.9. The van der Waals surface area contributed by atoms with E-state index in [9.17, 15) is 5.11 Å². The number of rotatable bonds is 4. The maximum Gasteiger partial charge on any atom is 0.165 e. The number of phenolic OH excluding ortho intramolecular Hbond substituents is 1. The number of nitrogens with one attached hydrogen (secondary N) is 1. The van der Waals surface area contributed by atoms with E-state index in [2.05, 4.69) is 46.5 Å². The highest BCUT2D eigenvalue weighted by atomic mass is 16.3. The van der Waals surface area contributed by atoms with Gasteiger partial charge in [-0.15, -0.1) is 0 Å². The van der Waals surface area contributed by atoms with Crippen molar-refractivity contribution in [2.24, 2.45) is 0 Å². The van der Waals surface area contributed by atoms with Crippen molar-refractivity contribution in [3.8, 4) is 17.1 Å². The van der Waals surface area contributed by atoms with Crippen LogP contribution >= 0.6 is 0 Å². The van der Waals surface area contributed by atoms with E-state index >= 15 is 0 Å². The average Bonchev–Trinajstić information content (AvgIpc) is 2.67. The molecular formula is C22H19N3O. The highest BCUT2D eigenvalue weighted by molar-refractivity contribution is 5.90. The first-order valence-electron chi connectivity index (χ1n) is 8.55. The Morgan fingerprint density at radius 2 is 1.58 bits per heavy atom. The van der Waals surface area contributed by atoms with Crippen LogP contribution in [0.3, 0.4) is 0 Å². The molecule has 26 heavy (non-hydrogen) atoms. The first-order chi connectivity index (χ1) is 12.7. The third-order valence-corrected chi connectivity index (χ3v) is 4.33. The van der Waals surface area contributed by atoms with Gasteiger partial charge in [-0.1, -0.05) is 54.1 Å². The van der Waals surface area contributed by atoms with Crippen LogP contribution in [0.25, 0.3) is 22.3 Å². The minimum absolute atomic E-state index is 0.173. The van der Waals surface area contributed by atoms with Crippen molar-refractivity contribution in [1.82, 2.24) is 9.97 Å². The number of nitrogens with zero attached hydrogens (tertiary/aromatic N) is 2. The Morgan fingerprint density at radius 1 is 0.846 bits per heavy atom. The summed E-state index contributed by atoms with van der Waals surface area (Å²) in [6, 6.07) is 23.4. The van der Waals surface area contributed by atoms with E-state index in [0.717, 1.165) is 16.7 Å². The molecule has 4 heteroatoms. The van der Waals surface area contributed by atoms with Crippen molar-refractivity contribution < 1.29 is 5.11 Å². The van der Waals surface area contributed by atoms with Crippen LogP contribution in [0.5, 0.6) is 5.75 Å². The third-order valence-electron chi connectivity index (χ3n) is 4.33. The van der Waals surface area contributed by atoms with Gasteiger partial charge in [-0.2, -0.15) is 0 Å². The predicted octanol–water partition coefficient (Wildman–Crippen LogP) is 4.92. The molecule has 0 unspecified atom stereocenters. The molecule has 0 fully saturated rings. The van der Waals surface area contributed by atoms with Crippen LogP contribution in [0, 0.1) is 6.92 Å². The zero-order valence-electron chi connectivity index (χ0n) is 14.5. The molecule has 0 spiro atoms. The minimum Gasteiger partial charge on any atom is -0.507 e. The highest BCUT2D eigenvalue weighted by Gasteiger charge is 2.11. The van der Waals surface area contributed by atoms with Gasteiger partial charge in [0.05, 0.1) is 11.1 Å². The number of fused-ring (bicyclic) bond motifs is 1. The quantitative estimate of drug-likeness (QED) is 0.553. The molecule has 0 amide bonds. The molecule has 0 aliphatic carbocycles. The largest absolute Gasteiger partial charge is 0.507 e. The molecule has 0 radical (unpaired) electrons. The molecule has 2 N–H and O–H groups in total. The summed E-state index contributed by atoms with van der Waals surface area (Å²) in [6.07, 6.45) is 0. The fourth-order valence-electron chi connectivity index (χ4n) is 2.89. The van der Waals surface area contributed by atoms with Crippen molar-refractivity contribution in [1.29, 1.82) is 0 Å². The van der Waals surface area contributed by atoms with Crippen molar-refractivity contribution in [3.05, 3.63) is 83.9 Å². The number of aromatic hydroxyl groups is 1. The van der Waals surface area contributed by atoms with E-state index in [4.69, 9.17) is 0 Å². The van der Waals surface area contributed by atoms with E-state index in [1.165, 1.54) is 11.1 Å². The molecule has 0 atom stereocenters. The normalized spacial score (nSPS) is 10.8. The highest BCUT2D eigenvalue weighted by Crippen LogP contribution is 2.30. The van der Waals surface area contributed by atoms with Crippen molar-refractivity contribution in [2.75, 3.05) is 5.32 Å². The molecule has 0 saturated heterocycles. The van der Waals surface area contributed by atoms with Crippen LogP contribution in [0.2, 0.25) is 0 Å². The number of para-hydroxylation sites is 2. The lowest BCUT2D eigenvalue weighted by molar-refractivity contribution is 0.477. The fourth-order valence-corrected chi connectivity index (χ4v) is 2.89. The lowest BCUT2D eigenvalue weighted by Crippen LogP contribution is -2.04. The van der Waals surface area contributed by atoms with Gasteiger partial charge in [0, 0.05) is 11.9 Å². The van der Waals surface area contributed by atoms with Gasteiger partial charge in [-0.05, 0) is 36.8 Å². The Morgan fingerprint density at radius 3 is 2.38 bits per heavy atom. The van der Waals surface area contributed by atoms with E-state index < -0.39 is 0 Å². The van der Waals surface area contributed by atoms with Crippen molar-refractivity contribution in [3.63, 3.8) is 0 Å². The monoisotopic (exact) mass is 341 g/mol. The molecule has 0 aliphatic rings. The van der Waals surface area contributed by atoms with E-state index in [1.807, 2.05) is 36.4 Å². The number of aromatic nitrogens is 2. The summed E-state index contributed by atoms with van der Waals surface area (Å²) in [5, 5.41) is 14.5. The Kier molecular flexibility index (Phi) is 4.23. The van der Waals surface area contributed by atoms with Crippen LogP contribution in [0.4, 0.5) is 5.82 Å². The summed E-state index contributed by atoms with van der Waals surface area (Å²) < 4.78 is 0. The molecule has 4 nitrogen and oxygen atoms in total. The molecule has 1 aromatic heterocycles. The number of anilines is 1. The molecule has 0 saturated carbocycles. The lowest BCUT2D eigenvalue weighted by Gasteiger charge is -2.12. The van der Waals surface area contributed by atoms with Gasteiger partial charge in [0.15, 0.2) is 5.82 Å². The van der Waals surface area contributed by atoms with Gasteiger partial charge < -0.3 is 10.4 Å². The van der Waals surface area contributed by atoms with Crippen LogP contribution < -0.4 is 5.32 Å². The summed E-state index contributed by atoms with van der Waals surface area (Å²) in [7, 11) is 0. The Hall–Kier alpha value is -3.40. The van der Waals surface area contributed by atoms with Gasteiger partial charge in [-0.3, -0.25) is 0 Å². The summed E-state index contributed by atoms with van der Waals surface area (Å²) in [5.41, 5.74) is 3.88. The number of benzene rings is 3. The third kappa shape index (κ3) is 3.22. The first kappa shape index (κ1) is 16.1. The number of hydrogen-bond acceptors (Lipinski definition) is 4. The van der Waals surface area contributed by atoms with Gasteiger partial charge in [0.1, 0.15) is 11.6 Å². The van der Waals surface area contributed by atoms with Gasteiger partial charge in [0.2, 0.25) is 0 Å². The standard InChI is InChI=1S/C22H19N3O/c1-15-10-12-16(13-11-15)14-23-21-17-6-2-4-8-19(17)24-22(25-21)18-7-3-5-9-20(18)26/h2-13,26H,14H2,1H3,(H,23,24,25). The lowest BCUT2D eigenvalue weighted by atomic mass is 10.1. The SMILES string of the molecule is Cc1ccc(CNc2nc(-c3ccccc3O)nc3ccccc23)cc1. The van der Waals surface area contributed by atoms with Gasteiger partial charge >= 0.3 is 0 Å². The van der Waals surface area contributed by atoms with Gasteiger partial charge in [0.25, 0.3) is 0 Å².